The SMILES string of the molecule is Cc1cc(C(=O)N2CCc3sccc3C2)no1. The average molecular weight is 248 g/mol. The van der Waals surface area contributed by atoms with E-state index in [4.69, 9.17) is 4.52 Å². The highest BCUT2D eigenvalue weighted by atomic mass is 32.1. The molecular formula is C12H12N2O2S. The van der Waals surface area contributed by atoms with E-state index in [0.29, 0.717) is 18.0 Å². The molecule has 0 aromatic carbocycles. The Kier molecular flexibility index (Phi) is 2.48. The van der Waals surface area contributed by atoms with Crippen LogP contribution in [-0.4, -0.2) is 22.5 Å². The molecule has 0 bridgehead atoms. The summed E-state index contributed by atoms with van der Waals surface area (Å²) in [6.45, 7) is 3.23. The Hall–Kier alpha value is -1.62. The number of aryl methyl sites for hydroxylation is 1. The van der Waals surface area contributed by atoms with Gasteiger partial charge in [0.2, 0.25) is 0 Å². The Labute approximate surface area is 103 Å². The summed E-state index contributed by atoms with van der Waals surface area (Å²) in [6, 6.07) is 3.78. The van der Waals surface area contributed by atoms with Crippen LogP contribution in [0.2, 0.25) is 0 Å². The van der Waals surface area contributed by atoms with E-state index in [0.717, 1.165) is 13.0 Å². The van der Waals surface area contributed by atoms with Crippen molar-refractivity contribution in [3.63, 3.8) is 0 Å². The maximum absolute atomic E-state index is 12.2. The molecule has 0 radical (unpaired) electrons. The Morgan fingerprint density at radius 3 is 3.24 bits per heavy atom. The number of amides is 1. The molecule has 88 valence electrons. The van der Waals surface area contributed by atoms with E-state index in [1.807, 2.05) is 4.90 Å². The molecule has 0 fully saturated rings. The molecule has 0 unspecified atom stereocenters. The molecule has 0 atom stereocenters. The Balaban J connectivity index is 1.81. The van der Waals surface area contributed by atoms with Crippen LogP contribution >= 0.6 is 11.3 Å². The van der Waals surface area contributed by atoms with Gasteiger partial charge < -0.3 is 9.42 Å². The van der Waals surface area contributed by atoms with Gasteiger partial charge >= 0.3 is 0 Å². The van der Waals surface area contributed by atoms with E-state index >= 15 is 0 Å². The zero-order chi connectivity index (χ0) is 11.8. The number of nitrogens with zero attached hydrogens (tertiary/aromatic N) is 2. The van der Waals surface area contributed by atoms with Gasteiger partial charge in [-0.25, -0.2) is 0 Å². The molecule has 0 spiro atoms. The van der Waals surface area contributed by atoms with Gasteiger partial charge in [0.05, 0.1) is 0 Å². The molecule has 5 heteroatoms. The first-order valence-electron chi connectivity index (χ1n) is 5.52. The van der Waals surface area contributed by atoms with Gasteiger partial charge in [-0.2, -0.15) is 0 Å². The second kappa shape index (κ2) is 4.00. The van der Waals surface area contributed by atoms with Gasteiger partial charge in [0, 0.05) is 24.0 Å². The summed E-state index contributed by atoms with van der Waals surface area (Å²) in [7, 11) is 0. The summed E-state index contributed by atoms with van der Waals surface area (Å²) < 4.78 is 4.94. The molecule has 3 rings (SSSR count). The van der Waals surface area contributed by atoms with Gasteiger partial charge in [-0.15, -0.1) is 11.3 Å². The van der Waals surface area contributed by atoms with E-state index < -0.39 is 0 Å². The molecule has 0 saturated carbocycles. The number of thiophene rings is 1. The lowest BCUT2D eigenvalue weighted by atomic mass is 10.1. The summed E-state index contributed by atoms with van der Waals surface area (Å²) in [5, 5.41) is 5.85. The highest BCUT2D eigenvalue weighted by molar-refractivity contribution is 7.10. The third-order valence-corrected chi connectivity index (χ3v) is 3.96. The molecule has 17 heavy (non-hydrogen) atoms. The van der Waals surface area contributed by atoms with Crippen molar-refractivity contribution in [3.8, 4) is 0 Å². The zero-order valence-corrected chi connectivity index (χ0v) is 10.3. The minimum Gasteiger partial charge on any atom is -0.361 e. The third-order valence-electron chi connectivity index (χ3n) is 2.94. The lowest BCUT2D eigenvalue weighted by molar-refractivity contribution is 0.0725. The van der Waals surface area contributed by atoms with E-state index in [1.165, 1.54) is 10.4 Å². The number of hydrogen-bond acceptors (Lipinski definition) is 4. The van der Waals surface area contributed by atoms with Crippen molar-refractivity contribution in [1.29, 1.82) is 0 Å². The van der Waals surface area contributed by atoms with Crippen LogP contribution in [0.5, 0.6) is 0 Å². The molecule has 0 aliphatic carbocycles. The standard InChI is InChI=1S/C12H12N2O2S/c1-8-6-10(13-16-8)12(15)14-4-2-11-9(7-14)3-5-17-11/h3,5-6H,2,4,7H2,1H3. The van der Waals surface area contributed by atoms with Crippen molar-refractivity contribution in [2.75, 3.05) is 6.54 Å². The molecule has 3 heterocycles. The number of aromatic nitrogens is 1. The Morgan fingerprint density at radius 2 is 2.47 bits per heavy atom. The number of carbonyl (C=O) groups excluding carboxylic acids is 1. The molecule has 1 aliphatic heterocycles. The highest BCUT2D eigenvalue weighted by Gasteiger charge is 2.24. The van der Waals surface area contributed by atoms with Crippen LogP contribution in [0, 0.1) is 6.92 Å². The van der Waals surface area contributed by atoms with Gasteiger partial charge in [-0.3, -0.25) is 4.79 Å². The van der Waals surface area contributed by atoms with E-state index in [9.17, 15) is 4.79 Å². The molecule has 0 saturated heterocycles. The van der Waals surface area contributed by atoms with Crippen molar-refractivity contribution in [2.45, 2.75) is 19.9 Å². The Morgan fingerprint density at radius 1 is 1.59 bits per heavy atom. The maximum atomic E-state index is 12.2. The quantitative estimate of drug-likeness (QED) is 0.777. The molecule has 1 aliphatic rings. The monoisotopic (exact) mass is 248 g/mol. The first-order chi connectivity index (χ1) is 8.24. The molecule has 2 aromatic heterocycles. The Bertz CT molecular complexity index is 558. The van der Waals surface area contributed by atoms with Gasteiger partial charge in [-0.1, -0.05) is 5.16 Å². The van der Waals surface area contributed by atoms with Crippen molar-refractivity contribution in [1.82, 2.24) is 10.1 Å². The third kappa shape index (κ3) is 1.86. The minimum atomic E-state index is -0.0429. The molecule has 2 aromatic rings. The van der Waals surface area contributed by atoms with Crippen LogP contribution in [0.3, 0.4) is 0 Å². The van der Waals surface area contributed by atoms with Gasteiger partial charge in [-0.05, 0) is 30.4 Å². The fourth-order valence-electron chi connectivity index (χ4n) is 2.05. The number of carbonyl (C=O) groups is 1. The van der Waals surface area contributed by atoms with E-state index in [-0.39, 0.29) is 5.91 Å². The minimum absolute atomic E-state index is 0.0429. The van der Waals surface area contributed by atoms with Crippen molar-refractivity contribution >= 4 is 17.2 Å². The fraction of sp³-hybridized carbons (Fsp3) is 0.333. The van der Waals surface area contributed by atoms with Crippen LogP contribution < -0.4 is 0 Å². The van der Waals surface area contributed by atoms with Gasteiger partial charge in [0.25, 0.3) is 5.91 Å². The molecular weight excluding hydrogens is 236 g/mol. The van der Waals surface area contributed by atoms with Crippen molar-refractivity contribution < 1.29 is 9.32 Å². The van der Waals surface area contributed by atoms with Crippen LogP contribution in [-0.2, 0) is 13.0 Å². The summed E-state index contributed by atoms with van der Waals surface area (Å²) >= 11 is 1.77. The normalized spacial score (nSPS) is 14.8. The van der Waals surface area contributed by atoms with Crippen LogP contribution in [0.25, 0.3) is 0 Å². The summed E-state index contributed by atoms with van der Waals surface area (Å²) in [6.07, 6.45) is 0.940. The molecule has 1 amide bonds. The lowest BCUT2D eigenvalue weighted by Gasteiger charge is -2.26. The molecule has 4 nitrogen and oxygen atoms in total. The maximum Gasteiger partial charge on any atom is 0.276 e. The molecule has 0 N–H and O–H groups in total. The average Bonchev–Trinajstić information content (AvgIpc) is 2.95. The topological polar surface area (TPSA) is 46.3 Å². The predicted octanol–water partition coefficient (Wildman–Crippen LogP) is 2.24. The number of fused-ring (bicyclic) bond motifs is 1. The van der Waals surface area contributed by atoms with Gasteiger partial charge in [0.1, 0.15) is 5.76 Å². The summed E-state index contributed by atoms with van der Waals surface area (Å²) in [5.74, 6) is 0.625. The highest BCUT2D eigenvalue weighted by Crippen LogP contribution is 2.24. The van der Waals surface area contributed by atoms with Crippen LogP contribution in [0.1, 0.15) is 26.7 Å². The number of hydrogen-bond donors (Lipinski definition) is 0. The smallest absolute Gasteiger partial charge is 0.276 e. The van der Waals surface area contributed by atoms with Crippen LogP contribution in [0.15, 0.2) is 22.0 Å². The van der Waals surface area contributed by atoms with Crippen LogP contribution in [0.4, 0.5) is 0 Å². The second-order valence-electron chi connectivity index (χ2n) is 4.17. The van der Waals surface area contributed by atoms with Gasteiger partial charge in [0.15, 0.2) is 5.69 Å². The first kappa shape index (κ1) is 10.5. The second-order valence-corrected chi connectivity index (χ2v) is 5.17. The number of rotatable bonds is 1. The summed E-state index contributed by atoms with van der Waals surface area (Å²) in [5.41, 5.74) is 1.66. The predicted molar refractivity (Wildman–Crippen MR) is 64.0 cm³/mol. The van der Waals surface area contributed by atoms with E-state index in [1.54, 1.807) is 24.3 Å². The van der Waals surface area contributed by atoms with E-state index in [2.05, 4.69) is 16.6 Å². The van der Waals surface area contributed by atoms with Crippen molar-refractivity contribution in [3.05, 3.63) is 39.4 Å². The lowest BCUT2D eigenvalue weighted by Crippen LogP contribution is -2.35. The fourth-order valence-corrected chi connectivity index (χ4v) is 2.94. The first-order valence-corrected chi connectivity index (χ1v) is 6.40. The zero-order valence-electron chi connectivity index (χ0n) is 9.47. The largest absolute Gasteiger partial charge is 0.361 e. The summed E-state index contributed by atoms with van der Waals surface area (Å²) in [4.78, 5) is 15.4. The van der Waals surface area contributed by atoms with Crippen molar-refractivity contribution in [2.24, 2.45) is 0 Å².